The van der Waals surface area contributed by atoms with Crippen LogP contribution in [0.4, 0.5) is 0 Å². The topological polar surface area (TPSA) is 90.2 Å². The Morgan fingerprint density at radius 1 is 0.893 bits per heavy atom. The number of benzene rings is 2. The van der Waals surface area contributed by atoms with E-state index in [0.717, 1.165) is 11.1 Å². The van der Waals surface area contributed by atoms with E-state index in [9.17, 15) is 20.4 Å². The average molecular weight is 405 g/mol. The minimum Gasteiger partial charge on any atom is -0.394 e. The van der Waals surface area contributed by atoms with Gasteiger partial charge in [0.1, 0.15) is 30.5 Å². The molecule has 5 nitrogen and oxygen atoms in total. The smallest absolute Gasteiger partial charge is 0.113 e. The molecule has 5 atom stereocenters. The molecule has 1 aliphatic heterocycles. The lowest BCUT2D eigenvalue weighted by Gasteiger charge is -2.40. The molecule has 1 aliphatic carbocycles. The molecule has 0 spiro atoms. The Bertz CT molecular complexity index is 818. The van der Waals surface area contributed by atoms with Crippen LogP contribution < -0.4 is 0 Å². The first-order valence-electron chi connectivity index (χ1n) is 9.65. The standard InChI is InChI=1S/C22H25ClO5/c23-17-8-7-15(22-21(27)20(26)19(25)18(11-24)28-22)10-16(17)9-12-1-3-13(4-2-12)14-5-6-14/h1-4,7-8,10,14,18-22,24-27H,5-6,9,11H2/t18?,19-,20+,21-,22+/m1/s1. The molecule has 150 valence electrons. The number of aliphatic hydroxyl groups excluding tert-OH is 4. The summed E-state index contributed by atoms with van der Waals surface area (Å²) in [5.41, 5.74) is 4.04. The summed E-state index contributed by atoms with van der Waals surface area (Å²) in [5, 5.41) is 40.4. The zero-order valence-corrected chi connectivity index (χ0v) is 16.2. The van der Waals surface area contributed by atoms with Gasteiger partial charge in [0.2, 0.25) is 0 Å². The van der Waals surface area contributed by atoms with E-state index in [-0.39, 0.29) is 0 Å². The fraction of sp³-hybridized carbons (Fsp3) is 0.455. The molecule has 0 radical (unpaired) electrons. The maximum Gasteiger partial charge on any atom is 0.113 e. The summed E-state index contributed by atoms with van der Waals surface area (Å²) in [6, 6.07) is 13.9. The van der Waals surface area contributed by atoms with Crippen molar-refractivity contribution in [2.75, 3.05) is 6.61 Å². The zero-order chi connectivity index (χ0) is 19.8. The van der Waals surface area contributed by atoms with Gasteiger partial charge in [-0.2, -0.15) is 0 Å². The lowest BCUT2D eigenvalue weighted by atomic mass is 9.90. The molecule has 0 bridgehead atoms. The Morgan fingerprint density at radius 2 is 1.57 bits per heavy atom. The third-order valence-corrected chi connectivity index (χ3v) is 6.08. The van der Waals surface area contributed by atoms with Crippen LogP contribution in [0.15, 0.2) is 42.5 Å². The number of hydrogen-bond donors (Lipinski definition) is 4. The van der Waals surface area contributed by atoms with Crippen LogP contribution in [0.3, 0.4) is 0 Å². The molecule has 1 saturated carbocycles. The second kappa shape index (κ2) is 8.11. The Labute approximate surface area is 169 Å². The maximum absolute atomic E-state index is 10.4. The third-order valence-electron chi connectivity index (χ3n) is 5.71. The van der Waals surface area contributed by atoms with Crippen LogP contribution in [0, 0.1) is 0 Å². The van der Waals surface area contributed by atoms with Crippen molar-refractivity contribution in [1.29, 1.82) is 0 Å². The Kier molecular flexibility index (Phi) is 5.74. The van der Waals surface area contributed by atoms with Crippen LogP contribution in [0.2, 0.25) is 5.02 Å². The fourth-order valence-electron chi connectivity index (χ4n) is 3.83. The second-order valence-electron chi connectivity index (χ2n) is 7.79. The van der Waals surface area contributed by atoms with E-state index in [2.05, 4.69) is 24.3 Å². The van der Waals surface area contributed by atoms with Gasteiger partial charge in [-0.1, -0.05) is 48.0 Å². The van der Waals surface area contributed by atoms with Crippen molar-refractivity contribution in [2.24, 2.45) is 0 Å². The van der Waals surface area contributed by atoms with E-state index in [1.165, 1.54) is 18.4 Å². The summed E-state index contributed by atoms with van der Waals surface area (Å²) in [6.07, 6.45) is -2.68. The van der Waals surface area contributed by atoms with Gasteiger partial charge in [-0.3, -0.25) is 0 Å². The summed E-state index contributed by atoms with van der Waals surface area (Å²) in [4.78, 5) is 0. The number of halogens is 1. The van der Waals surface area contributed by atoms with Crippen LogP contribution in [0.25, 0.3) is 0 Å². The van der Waals surface area contributed by atoms with Crippen LogP contribution in [-0.4, -0.2) is 51.4 Å². The van der Waals surface area contributed by atoms with Gasteiger partial charge >= 0.3 is 0 Å². The van der Waals surface area contributed by atoms with Gasteiger partial charge in [0.05, 0.1) is 6.61 Å². The molecule has 2 fully saturated rings. The van der Waals surface area contributed by atoms with Gasteiger partial charge in [-0.25, -0.2) is 0 Å². The number of hydrogen-bond acceptors (Lipinski definition) is 5. The van der Waals surface area contributed by atoms with Gasteiger partial charge in [-0.15, -0.1) is 0 Å². The predicted molar refractivity (Wildman–Crippen MR) is 105 cm³/mol. The van der Waals surface area contributed by atoms with Gasteiger partial charge in [0.15, 0.2) is 0 Å². The lowest BCUT2D eigenvalue weighted by Crippen LogP contribution is -2.55. The molecule has 2 aromatic rings. The van der Waals surface area contributed by atoms with Crippen LogP contribution >= 0.6 is 11.6 Å². The molecule has 4 rings (SSSR count). The Hall–Kier alpha value is -1.47. The summed E-state index contributed by atoms with van der Waals surface area (Å²) in [7, 11) is 0. The summed E-state index contributed by atoms with van der Waals surface area (Å²) >= 11 is 6.39. The van der Waals surface area contributed by atoms with Crippen LogP contribution in [0.1, 0.15) is 47.1 Å². The number of aliphatic hydroxyl groups is 4. The van der Waals surface area contributed by atoms with E-state index >= 15 is 0 Å². The normalized spacial score (nSPS) is 30.4. The van der Waals surface area contributed by atoms with E-state index in [4.69, 9.17) is 16.3 Å². The maximum atomic E-state index is 10.4. The van der Waals surface area contributed by atoms with Crippen molar-refractivity contribution in [1.82, 2.24) is 0 Å². The van der Waals surface area contributed by atoms with Crippen molar-refractivity contribution in [3.05, 3.63) is 69.7 Å². The molecule has 0 amide bonds. The summed E-state index contributed by atoms with van der Waals surface area (Å²) in [6.45, 7) is -0.449. The predicted octanol–water partition coefficient (Wildman–Crippen LogP) is 2.32. The number of rotatable bonds is 5. The Balaban J connectivity index is 1.56. The summed E-state index contributed by atoms with van der Waals surface area (Å²) in [5.74, 6) is 0.715. The van der Waals surface area contributed by atoms with Crippen molar-refractivity contribution < 1.29 is 25.2 Å². The first kappa shape index (κ1) is 19.8. The van der Waals surface area contributed by atoms with Gasteiger partial charge in [-0.05, 0) is 53.5 Å². The fourth-order valence-corrected chi connectivity index (χ4v) is 4.01. The van der Waals surface area contributed by atoms with Crippen molar-refractivity contribution >= 4 is 11.6 Å². The molecule has 0 aromatic heterocycles. The second-order valence-corrected chi connectivity index (χ2v) is 8.20. The highest BCUT2D eigenvalue weighted by Gasteiger charge is 2.44. The van der Waals surface area contributed by atoms with Crippen molar-refractivity contribution in [3.63, 3.8) is 0 Å². The minimum absolute atomic E-state index is 0.449. The largest absolute Gasteiger partial charge is 0.394 e. The number of ether oxygens (including phenoxy) is 1. The molecule has 1 unspecified atom stereocenters. The molecule has 4 N–H and O–H groups in total. The molecular weight excluding hydrogens is 380 g/mol. The molecule has 1 saturated heterocycles. The molecule has 28 heavy (non-hydrogen) atoms. The van der Waals surface area contributed by atoms with Gasteiger partial charge in [0, 0.05) is 5.02 Å². The first-order valence-corrected chi connectivity index (χ1v) is 10.0. The molecule has 2 aromatic carbocycles. The highest BCUT2D eigenvalue weighted by molar-refractivity contribution is 6.31. The third kappa shape index (κ3) is 3.96. The highest BCUT2D eigenvalue weighted by atomic mass is 35.5. The van der Waals surface area contributed by atoms with E-state index in [0.29, 0.717) is 22.9 Å². The van der Waals surface area contributed by atoms with Crippen LogP contribution in [0.5, 0.6) is 0 Å². The monoisotopic (exact) mass is 404 g/mol. The van der Waals surface area contributed by atoms with Gasteiger partial charge < -0.3 is 25.2 Å². The molecular formula is C22H25ClO5. The average Bonchev–Trinajstić information content (AvgIpc) is 3.54. The first-order chi connectivity index (χ1) is 13.5. The lowest BCUT2D eigenvalue weighted by molar-refractivity contribution is -0.231. The Morgan fingerprint density at radius 3 is 2.21 bits per heavy atom. The highest BCUT2D eigenvalue weighted by Crippen LogP contribution is 2.40. The van der Waals surface area contributed by atoms with Gasteiger partial charge in [0.25, 0.3) is 0 Å². The van der Waals surface area contributed by atoms with E-state index in [1.54, 1.807) is 12.1 Å². The van der Waals surface area contributed by atoms with Crippen molar-refractivity contribution in [3.8, 4) is 0 Å². The van der Waals surface area contributed by atoms with E-state index < -0.39 is 37.1 Å². The SMILES string of the molecule is OCC1O[C@@H](c2ccc(Cl)c(Cc3ccc(C4CC4)cc3)c2)[C@H](O)[C@@H](O)[C@@H]1O. The van der Waals surface area contributed by atoms with E-state index in [1.807, 2.05) is 6.07 Å². The zero-order valence-electron chi connectivity index (χ0n) is 15.4. The molecule has 1 heterocycles. The summed E-state index contributed by atoms with van der Waals surface area (Å²) < 4.78 is 5.66. The molecule has 6 heteroatoms. The quantitative estimate of drug-likeness (QED) is 0.614. The van der Waals surface area contributed by atoms with Crippen molar-refractivity contribution in [2.45, 2.75) is 55.7 Å². The van der Waals surface area contributed by atoms with Crippen LogP contribution in [-0.2, 0) is 11.2 Å². The minimum atomic E-state index is -1.40. The molecule has 2 aliphatic rings.